The molecule has 27 heavy (non-hydrogen) atoms. The molecule has 0 bridgehead atoms. The SMILES string of the molecule is C[C-]1c2cc(-c3ccccc3)ccc2N2C=C(c3ccccc3)N(C)C12.[Y]. The summed E-state index contributed by atoms with van der Waals surface area (Å²) in [4.78, 5) is 4.79. The van der Waals surface area contributed by atoms with Gasteiger partial charge >= 0.3 is 0 Å². The van der Waals surface area contributed by atoms with E-state index in [9.17, 15) is 0 Å². The van der Waals surface area contributed by atoms with Gasteiger partial charge in [-0.2, -0.15) is 11.6 Å². The van der Waals surface area contributed by atoms with E-state index in [1.807, 2.05) is 0 Å². The summed E-state index contributed by atoms with van der Waals surface area (Å²) in [5, 5.41) is 0. The molecule has 0 fully saturated rings. The van der Waals surface area contributed by atoms with Gasteiger partial charge in [0, 0.05) is 46.0 Å². The van der Waals surface area contributed by atoms with Gasteiger partial charge < -0.3 is 9.80 Å². The monoisotopic (exact) mass is 426 g/mol. The number of likely N-dealkylation sites (N-methyl/N-ethyl adjacent to an activating group) is 1. The van der Waals surface area contributed by atoms with Crippen molar-refractivity contribution in [2.24, 2.45) is 0 Å². The number of nitrogens with zero attached hydrogens (tertiary/aromatic N) is 2. The summed E-state index contributed by atoms with van der Waals surface area (Å²) < 4.78 is 0. The van der Waals surface area contributed by atoms with E-state index >= 15 is 0 Å². The quantitative estimate of drug-likeness (QED) is 0.508. The molecule has 2 aliphatic rings. The zero-order valence-corrected chi connectivity index (χ0v) is 18.5. The fourth-order valence-electron chi connectivity index (χ4n) is 4.23. The Morgan fingerprint density at radius 2 is 1.41 bits per heavy atom. The van der Waals surface area contributed by atoms with E-state index in [0.717, 1.165) is 0 Å². The van der Waals surface area contributed by atoms with Crippen molar-refractivity contribution in [3.63, 3.8) is 0 Å². The van der Waals surface area contributed by atoms with E-state index in [-0.39, 0.29) is 38.9 Å². The molecule has 0 N–H and O–H groups in total. The van der Waals surface area contributed by atoms with Gasteiger partial charge in [0.15, 0.2) is 0 Å². The summed E-state index contributed by atoms with van der Waals surface area (Å²) >= 11 is 0. The van der Waals surface area contributed by atoms with Gasteiger partial charge in [-0.25, -0.2) is 0 Å². The second kappa shape index (κ2) is 7.18. The molecule has 1 unspecified atom stereocenters. The Morgan fingerprint density at radius 3 is 2.07 bits per heavy atom. The van der Waals surface area contributed by atoms with E-state index < -0.39 is 0 Å². The van der Waals surface area contributed by atoms with Crippen LogP contribution in [-0.4, -0.2) is 18.1 Å². The van der Waals surface area contributed by atoms with Crippen molar-refractivity contribution in [2.75, 3.05) is 11.9 Å². The Labute approximate surface area is 186 Å². The topological polar surface area (TPSA) is 6.48 Å². The number of benzene rings is 3. The third-order valence-electron chi connectivity index (χ3n) is 5.54. The van der Waals surface area contributed by atoms with Crippen LogP contribution in [0.25, 0.3) is 16.8 Å². The average molecular weight is 426 g/mol. The number of rotatable bonds is 2. The Bertz CT molecular complexity index is 982. The molecule has 3 heteroatoms. The standard InChI is InChI=1S/C24H21N2.Y/c1-17-21-15-20(18-9-5-3-6-10-18)13-14-22(21)26-16-23(25(2)24(17)26)19-11-7-4-8-12-19;/h3-16,24H,1-2H3;/q-1;. The van der Waals surface area contributed by atoms with Crippen molar-refractivity contribution in [3.05, 3.63) is 102 Å². The van der Waals surface area contributed by atoms with Crippen molar-refractivity contribution >= 4 is 11.4 Å². The fourth-order valence-corrected chi connectivity index (χ4v) is 4.23. The van der Waals surface area contributed by atoms with E-state index in [1.165, 1.54) is 39.6 Å². The Kier molecular flexibility index (Phi) is 4.88. The Hall–Kier alpha value is -2.03. The molecule has 0 saturated heterocycles. The molecule has 1 radical (unpaired) electrons. The molecule has 2 aliphatic heterocycles. The minimum atomic E-state index is 0. The van der Waals surface area contributed by atoms with Crippen LogP contribution in [0.5, 0.6) is 0 Å². The maximum atomic E-state index is 2.40. The molecular weight excluding hydrogens is 405 g/mol. The maximum absolute atomic E-state index is 2.40. The zero-order chi connectivity index (χ0) is 17.7. The van der Waals surface area contributed by atoms with Crippen LogP contribution in [0.15, 0.2) is 85.1 Å². The van der Waals surface area contributed by atoms with E-state index in [1.54, 1.807) is 0 Å². The van der Waals surface area contributed by atoms with Crippen LogP contribution in [0.1, 0.15) is 18.1 Å². The van der Waals surface area contributed by atoms with Crippen molar-refractivity contribution in [1.82, 2.24) is 4.90 Å². The van der Waals surface area contributed by atoms with Gasteiger partial charge in [-0.05, 0) is 11.1 Å². The number of anilines is 1. The summed E-state index contributed by atoms with van der Waals surface area (Å²) in [7, 11) is 2.19. The molecule has 0 saturated carbocycles. The van der Waals surface area contributed by atoms with E-state index in [4.69, 9.17) is 0 Å². The predicted octanol–water partition coefficient (Wildman–Crippen LogP) is 5.38. The average Bonchev–Trinajstić information content (AvgIpc) is 3.18. The molecule has 2 heterocycles. The molecule has 1 atom stereocenters. The first-order valence-corrected chi connectivity index (χ1v) is 9.06. The fraction of sp³-hybridized carbons (Fsp3) is 0.125. The van der Waals surface area contributed by atoms with Gasteiger partial charge in [0.2, 0.25) is 0 Å². The smallest absolute Gasteiger partial charge is 0.0715 e. The summed E-state index contributed by atoms with van der Waals surface area (Å²) in [6.07, 6.45) is 2.56. The number of hydrogen-bond acceptors (Lipinski definition) is 2. The molecule has 5 rings (SSSR count). The van der Waals surface area contributed by atoms with Crippen LogP contribution < -0.4 is 4.90 Å². The molecule has 2 nitrogen and oxygen atoms in total. The van der Waals surface area contributed by atoms with Gasteiger partial charge in [0.1, 0.15) is 0 Å². The zero-order valence-electron chi connectivity index (χ0n) is 15.6. The predicted molar refractivity (Wildman–Crippen MR) is 108 cm³/mol. The van der Waals surface area contributed by atoms with Crippen LogP contribution >= 0.6 is 0 Å². The van der Waals surface area contributed by atoms with Gasteiger partial charge in [-0.1, -0.05) is 91.0 Å². The summed E-state index contributed by atoms with van der Waals surface area (Å²) in [5.41, 5.74) is 7.73. The molecule has 3 aromatic carbocycles. The van der Waals surface area contributed by atoms with Gasteiger partial charge in [-0.15, -0.1) is 5.92 Å². The summed E-state index contributed by atoms with van der Waals surface area (Å²) in [5.74, 6) is 1.41. The molecule has 0 aliphatic carbocycles. The van der Waals surface area contributed by atoms with Crippen LogP contribution in [0.2, 0.25) is 0 Å². The Balaban J connectivity index is 0.00000180. The van der Waals surface area contributed by atoms with E-state index in [2.05, 4.69) is 109 Å². The van der Waals surface area contributed by atoms with Crippen molar-refractivity contribution in [2.45, 2.75) is 13.1 Å². The second-order valence-electron chi connectivity index (χ2n) is 7.05. The van der Waals surface area contributed by atoms with Crippen molar-refractivity contribution in [1.29, 1.82) is 0 Å². The van der Waals surface area contributed by atoms with E-state index in [0.29, 0.717) is 0 Å². The third-order valence-corrected chi connectivity index (χ3v) is 5.54. The minimum Gasteiger partial charge on any atom is -0.386 e. The van der Waals surface area contributed by atoms with Crippen molar-refractivity contribution < 1.29 is 32.7 Å². The Morgan fingerprint density at radius 1 is 0.778 bits per heavy atom. The summed E-state index contributed by atoms with van der Waals surface area (Å²) in [6.45, 7) is 2.26. The summed E-state index contributed by atoms with van der Waals surface area (Å²) in [6, 6.07) is 28.1. The molecule has 3 aromatic rings. The number of hydrogen-bond donors (Lipinski definition) is 0. The van der Waals surface area contributed by atoms with Crippen LogP contribution in [0.3, 0.4) is 0 Å². The largest absolute Gasteiger partial charge is 0.386 e. The second-order valence-corrected chi connectivity index (χ2v) is 7.05. The molecule has 0 amide bonds. The first-order chi connectivity index (χ1) is 12.7. The van der Waals surface area contributed by atoms with Crippen molar-refractivity contribution in [3.8, 4) is 11.1 Å². The van der Waals surface area contributed by atoms with Gasteiger partial charge in [0.25, 0.3) is 0 Å². The molecule has 0 aromatic heterocycles. The van der Waals surface area contributed by atoms with Crippen LogP contribution in [0.4, 0.5) is 5.69 Å². The molecule has 131 valence electrons. The van der Waals surface area contributed by atoms with Crippen LogP contribution in [-0.2, 0) is 32.7 Å². The van der Waals surface area contributed by atoms with Crippen LogP contribution in [0, 0.1) is 5.92 Å². The maximum Gasteiger partial charge on any atom is 0.0715 e. The third kappa shape index (κ3) is 2.92. The minimum absolute atomic E-state index is 0. The first kappa shape index (κ1) is 18.3. The molecule has 0 spiro atoms. The number of fused-ring (bicyclic) bond motifs is 3. The van der Waals surface area contributed by atoms with Gasteiger partial charge in [0.05, 0.1) is 11.9 Å². The normalized spacial score (nSPS) is 17.3. The first-order valence-electron chi connectivity index (χ1n) is 9.06. The van der Waals surface area contributed by atoms with Gasteiger partial charge in [-0.3, -0.25) is 0 Å². The molecular formula is C24H21N2Y-.